The Hall–Kier alpha value is -4.34. The zero-order valence-electron chi connectivity index (χ0n) is 23.8. The first-order valence-electron chi connectivity index (χ1n) is 14.6. The summed E-state index contributed by atoms with van der Waals surface area (Å²) in [5, 5.41) is 7.20. The van der Waals surface area contributed by atoms with Crippen molar-refractivity contribution in [1.82, 2.24) is 15.1 Å². The van der Waals surface area contributed by atoms with Crippen molar-refractivity contribution in [2.45, 2.75) is 50.7 Å². The Labute approximate surface area is 245 Å². The summed E-state index contributed by atoms with van der Waals surface area (Å²) in [7, 11) is 1.83. The maximum atomic E-state index is 13.1. The molecule has 9 nitrogen and oxygen atoms in total. The summed E-state index contributed by atoms with van der Waals surface area (Å²) in [5.74, 6) is -0.414. The van der Waals surface area contributed by atoms with Crippen LogP contribution in [0.5, 0.6) is 0 Å². The summed E-state index contributed by atoms with van der Waals surface area (Å²) < 4.78 is 0. The average molecular weight is 567 g/mol. The van der Waals surface area contributed by atoms with Crippen LogP contribution in [0.3, 0.4) is 0 Å². The summed E-state index contributed by atoms with van der Waals surface area (Å²) in [6.07, 6.45) is 2.63. The molecule has 0 radical (unpaired) electrons. The van der Waals surface area contributed by atoms with Gasteiger partial charge in [-0.05, 0) is 85.3 Å². The van der Waals surface area contributed by atoms with Gasteiger partial charge in [0.1, 0.15) is 17.3 Å². The molecule has 3 aliphatic rings. The number of rotatable bonds is 7. The number of likely N-dealkylation sites (tertiary alicyclic amines) is 1. The third kappa shape index (κ3) is 5.70. The number of quaternary nitrogens is 1. The van der Waals surface area contributed by atoms with Crippen molar-refractivity contribution in [3.05, 3.63) is 94.5 Å². The van der Waals surface area contributed by atoms with Crippen molar-refractivity contribution in [1.29, 1.82) is 0 Å². The highest BCUT2D eigenvalue weighted by molar-refractivity contribution is 6.05. The number of para-hydroxylation sites is 1. The van der Waals surface area contributed by atoms with Gasteiger partial charge >= 0.3 is 5.91 Å². The number of carbonyl (C=O) groups excluding carboxylic acids is 4. The van der Waals surface area contributed by atoms with Crippen molar-refractivity contribution < 1.29 is 24.5 Å². The maximum absolute atomic E-state index is 13.1. The van der Waals surface area contributed by atoms with E-state index in [-0.39, 0.29) is 30.0 Å². The van der Waals surface area contributed by atoms with Gasteiger partial charge in [0.15, 0.2) is 0 Å². The molecule has 2 fully saturated rings. The van der Waals surface area contributed by atoms with Crippen molar-refractivity contribution in [2.75, 3.05) is 25.5 Å². The molecule has 4 N–H and O–H groups in total. The van der Waals surface area contributed by atoms with Crippen LogP contribution in [0.15, 0.2) is 66.7 Å². The van der Waals surface area contributed by atoms with Crippen LogP contribution in [0.1, 0.15) is 69.0 Å². The van der Waals surface area contributed by atoms with E-state index in [4.69, 9.17) is 0 Å². The van der Waals surface area contributed by atoms with Gasteiger partial charge in [0.2, 0.25) is 11.8 Å². The molecule has 0 saturated carbocycles. The fourth-order valence-electron chi connectivity index (χ4n) is 6.42. The van der Waals surface area contributed by atoms with E-state index >= 15 is 0 Å². The van der Waals surface area contributed by atoms with Crippen LogP contribution in [-0.2, 0) is 22.7 Å². The van der Waals surface area contributed by atoms with Gasteiger partial charge in [0.25, 0.3) is 5.91 Å². The number of nitrogens with zero attached hydrogens (tertiary/aromatic N) is 2. The number of carbonyl (C=O) groups is 4. The Bertz CT molecular complexity index is 1530. The van der Waals surface area contributed by atoms with E-state index in [0.717, 1.165) is 55.0 Å². The second-order valence-corrected chi connectivity index (χ2v) is 11.4. The van der Waals surface area contributed by atoms with E-state index in [2.05, 4.69) is 33.7 Å². The number of nitrogens with one attached hydrogen (secondary N) is 2. The number of primary amides is 1. The number of nitrogens with two attached hydrogens (primary N) is 1. The zero-order chi connectivity index (χ0) is 29.2. The number of hydrogen-bond donors (Lipinski definition) is 3. The van der Waals surface area contributed by atoms with Crippen LogP contribution in [0.25, 0.3) is 0 Å². The molecule has 0 bridgehead atoms. The number of piperidine rings is 2. The molecule has 4 amide bonds. The molecule has 6 rings (SSSR count). The fraction of sp³-hybridized carbons (Fsp3) is 0.333. The molecule has 1 atom stereocenters. The lowest BCUT2D eigenvalue weighted by molar-refractivity contribution is -0.464. The Morgan fingerprint density at radius 2 is 1.76 bits per heavy atom. The topological polar surface area (TPSA) is 115 Å². The highest BCUT2D eigenvalue weighted by Crippen LogP contribution is 2.34. The molecule has 2 saturated heterocycles. The molecule has 1 unspecified atom stereocenters. The third-order valence-electron chi connectivity index (χ3n) is 8.73. The van der Waals surface area contributed by atoms with Crippen molar-refractivity contribution >= 4 is 35.0 Å². The van der Waals surface area contributed by atoms with E-state index in [1.165, 1.54) is 5.56 Å². The molecule has 42 heavy (non-hydrogen) atoms. The van der Waals surface area contributed by atoms with Crippen LogP contribution >= 0.6 is 0 Å². The lowest BCUT2D eigenvalue weighted by Crippen LogP contribution is -2.82. The second kappa shape index (κ2) is 11.9. The van der Waals surface area contributed by atoms with Crippen LogP contribution in [0.4, 0.5) is 11.4 Å². The minimum Gasteiger partial charge on any atom is -0.387 e. The molecule has 0 aromatic heterocycles. The Balaban J connectivity index is 1.07. The standard InChI is InChI=1S/C33H35N5O4/c1-34-28-10-7-21(17-27(28)31(40)35-25-5-3-2-4-6-25)19-37-15-13-22(14-16-37)23-8-9-26-24(18-23)20-38(33(26)42)29-11-12-30(39)36-32(29)41/h2-10,17-18,22,29,34H,11-16,19-20H2,1H3,(H,35,40)(H,36,39,41)/p+1. The molecule has 9 heteroatoms. The summed E-state index contributed by atoms with van der Waals surface area (Å²) >= 11 is 0. The first-order valence-corrected chi connectivity index (χ1v) is 14.6. The van der Waals surface area contributed by atoms with E-state index in [0.29, 0.717) is 30.0 Å². The third-order valence-corrected chi connectivity index (χ3v) is 8.73. The van der Waals surface area contributed by atoms with Gasteiger partial charge in [-0.1, -0.05) is 36.4 Å². The van der Waals surface area contributed by atoms with E-state index in [9.17, 15) is 19.2 Å². The monoisotopic (exact) mass is 566 g/mol. The number of fused-ring (bicyclic) bond motifs is 1. The van der Waals surface area contributed by atoms with Crippen molar-refractivity contribution in [3.8, 4) is 0 Å². The van der Waals surface area contributed by atoms with Crippen molar-refractivity contribution in [3.63, 3.8) is 0 Å². The largest absolute Gasteiger partial charge is 0.387 e. The molecule has 3 aromatic carbocycles. The first-order chi connectivity index (χ1) is 20.4. The maximum Gasteiger partial charge on any atom is 0.349 e. The predicted octanol–water partition coefficient (Wildman–Crippen LogP) is 2.90. The number of anilines is 1. The quantitative estimate of drug-likeness (QED) is 0.299. The molecular weight excluding hydrogens is 530 g/mol. The Morgan fingerprint density at radius 3 is 2.50 bits per heavy atom. The highest BCUT2D eigenvalue weighted by atomic mass is 16.2. The lowest BCUT2D eigenvalue weighted by Gasteiger charge is -2.32. The molecular formula is C33H36N5O4+. The number of imide groups is 1. The minimum absolute atomic E-state index is 0.0163. The van der Waals surface area contributed by atoms with Gasteiger partial charge in [-0.15, -0.1) is 0 Å². The number of benzene rings is 3. The van der Waals surface area contributed by atoms with Crippen molar-refractivity contribution in [2.24, 2.45) is 0 Å². The summed E-state index contributed by atoms with van der Waals surface area (Å²) in [4.78, 5) is 54.1. The summed E-state index contributed by atoms with van der Waals surface area (Å²) in [6, 6.07) is 21.2. The second-order valence-electron chi connectivity index (χ2n) is 11.4. The van der Waals surface area contributed by atoms with Gasteiger partial charge in [-0.25, -0.2) is 10.1 Å². The molecule has 3 aromatic rings. The minimum atomic E-state index is -0.594. The Morgan fingerprint density at radius 1 is 0.976 bits per heavy atom. The molecule has 0 aliphatic carbocycles. The van der Waals surface area contributed by atoms with E-state index in [1.807, 2.05) is 55.6 Å². The van der Waals surface area contributed by atoms with E-state index < -0.39 is 6.04 Å². The van der Waals surface area contributed by atoms with Gasteiger partial charge in [-0.3, -0.25) is 24.6 Å². The van der Waals surface area contributed by atoms with Gasteiger partial charge in [0, 0.05) is 32.1 Å². The number of amides is 4. The molecule has 3 heterocycles. The smallest absolute Gasteiger partial charge is 0.349 e. The SMILES string of the molecule is CNc1ccc(CN2CCC(c3ccc4c(c3)CN(C3CCC(=O)NC3=O)C4=O)CC2)cc1C(=O)[NH2+]c1ccccc1. The highest BCUT2D eigenvalue weighted by Gasteiger charge is 2.39. The van der Waals surface area contributed by atoms with Crippen LogP contribution < -0.4 is 16.0 Å². The van der Waals surface area contributed by atoms with Gasteiger partial charge < -0.3 is 10.2 Å². The average Bonchev–Trinajstić information content (AvgIpc) is 3.33. The summed E-state index contributed by atoms with van der Waals surface area (Å²) in [5.41, 5.74) is 6.33. The van der Waals surface area contributed by atoms with Gasteiger partial charge in [0.05, 0.1) is 5.69 Å². The first kappa shape index (κ1) is 27.8. The summed E-state index contributed by atoms with van der Waals surface area (Å²) in [6.45, 7) is 3.06. The van der Waals surface area contributed by atoms with Gasteiger partial charge in [-0.2, -0.15) is 0 Å². The van der Waals surface area contributed by atoms with Crippen LogP contribution in [0.2, 0.25) is 0 Å². The Kier molecular flexibility index (Phi) is 7.86. The lowest BCUT2D eigenvalue weighted by atomic mass is 9.87. The predicted molar refractivity (Wildman–Crippen MR) is 158 cm³/mol. The van der Waals surface area contributed by atoms with Crippen LogP contribution in [-0.4, -0.2) is 59.6 Å². The fourth-order valence-corrected chi connectivity index (χ4v) is 6.42. The molecule has 3 aliphatic heterocycles. The zero-order valence-corrected chi connectivity index (χ0v) is 23.8. The molecule has 0 spiro atoms. The number of hydrogen-bond acceptors (Lipinski definition) is 6. The van der Waals surface area contributed by atoms with E-state index in [1.54, 1.807) is 10.2 Å². The normalized spacial score (nSPS) is 19.5. The van der Waals surface area contributed by atoms with Crippen LogP contribution in [0, 0.1) is 0 Å². The molecule has 216 valence electrons.